The maximum atomic E-state index is 12.2. The molecule has 2 heterocycles. The highest BCUT2D eigenvalue weighted by Gasteiger charge is 2.15. The standard InChI is InChI=1S/C17H14N4O3S2/c22-16(13-2-1-8-18-12-13)7-9-19-14-3-5-15(6-4-14)26(23,24)21-17-20-10-11-25-17/h1-12,19H,(H,20,21). The van der Waals surface area contributed by atoms with Gasteiger partial charge < -0.3 is 5.32 Å². The van der Waals surface area contributed by atoms with Crippen LogP contribution in [0.1, 0.15) is 10.4 Å². The molecule has 0 aliphatic carbocycles. The molecule has 7 nitrogen and oxygen atoms in total. The highest BCUT2D eigenvalue weighted by Crippen LogP contribution is 2.19. The third-order valence-corrected chi connectivity index (χ3v) is 5.42. The number of pyridine rings is 1. The van der Waals surface area contributed by atoms with E-state index in [2.05, 4.69) is 20.0 Å². The number of sulfonamides is 1. The summed E-state index contributed by atoms with van der Waals surface area (Å²) in [6.45, 7) is 0. The summed E-state index contributed by atoms with van der Waals surface area (Å²) >= 11 is 1.20. The second-order valence-electron chi connectivity index (χ2n) is 5.05. The summed E-state index contributed by atoms with van der Waals surface area (Å²) in [5.41, 5.74) is 1.13. The molecule has 0 radical (unpaired) electrons. The zero-order chi connectivity index (χ0) is 18.4. The molecular formula is C17H14N4O3S2. The Morgan fingerprint density at radius 2 is 1.92 bits per heavy atom. The number of thiazole rings is 1. The average Bonchev–Trinajstić information content (AvgIpc) is 3.15. The first-order valence-electron chi connectivity index (χ1n) is 7.44. The van der Waals surface area contributed by atoms with Crippen LogP contribution in [0.5, 0.6) is 0 Å². The first kappa shape index (κ1) is 17.8. The quantitative estimate of drug-likeness (QED) is 0.478. The Kier molecular flexibility index (Phi) is 5.40. The van der Waals surface area contributed by atoms with E-state index < -0.39 is 10.0 Å². The maximum absolute atomic E-state index is 12.2. The van der Waals surface area contributed by atoms with E-state index in [1.54, 1.807) is 35.8 Å². The van der Waals surface area contributed by atoms with Gasteiger partial charge in [-0.2, -0.15) is 0 Å². The summed E-state index contributed by atoms with van der Waals surface area (Å²) in [6.07, 6.45) is 7.48. The van der Waals surface area contributed by atoms with Crippen molar-refractivity contribution >= 4 is 38.0 Å². The molecule has 0 fully saturated rings. The van der Waals surface area contributed by atoms with E-state index in [0.717, 1.165) is 0 Å². The summed E-state index contributed by atoms with van der Waals surface area (Å²) in [6, 6.07) is 9.51. The molecule has 132 valence electrons. The first-order valence-corrected chi connectivity index (χ1v) is 9.81. The Morgan fingerprint density at radius 1 is 1.12 bits per heavy atom. The largest absolute Gasteiger partial charge is 0.362 e. The van der Waals surface area contributed by atoms with Gasteiger partial charge in [-0.15, -0.1) is 11.3 Å². The predicted molar refractivity (Wildman–Crippen MR) is 101 cm³/mol. The van der Waals surface area contributed by atoms with Crippen molar-refractivity contribution in [3.8, 4) is 0 Å². The predicted octanol–water partition coefficient (Wildman–Crippen LogP) is 3.15. The molecule has 0 amide bonds. The van der Waals surface area contributed by atoms with Gasteiger partial charge in [-0.25, -0.2) is 13.4 Å². The Bertz CT molecular complexity index is 1000. The van der Waals surface area contributed by atoms with Crippen LogP contribution in [-0.4, -0.2) is 24.2 Å². The second-order valence-corrected chi connectivity index (χ2v) is 7.63. The number of carbonyl (C=O) groups excluding carboxylic acids is 1. The number of ketones is 1. The molecular weight excluding hydrogens is 372 g/mol. The number of anilines is 2. The van der Waals surface area contributed by atoms with Crippen LogP contribution in [0, 0.1) is 0 Å². The van der Waals surface area contributed by atoms with Crippen molar-refractivity contribution in [3.63, 3.8) is 0 Å². The van der Waals surface area contributed by atoms with Crippen molar-refractivity contribution in [3.05, 3.63) is 78.2 Å². The summed E-state index contributed by atoms with van der Waals surface area (Å²) in [7, 11) is -3.68. The lowest BCUT2D eigenvalue weighted by atomic mass is 10.2. The molecule has 1 aromatic carbocycles. The fourth-order valence-corrected chi connectivity index (χ4v) is 3.79. The highest BCUT2D eigenvalue weighted by molar-refractivity contribution is 7.93. The van der Waals surface area contributed by atoms with E-state index in [4.69, 9.17) is 0 Å². The number of hydrogen-bond donors (Lipinski definition) is 2. The Labute approximate surface area is 154 Å². The molecule has 0 saturated heterocycles. The van der Waals surface area contributed by atoms with Gasteiger partial charge >= 0.3 is 0 Å². The molecule has 0 aliphatic rings. The van der Waals surface area contributed by atoms with E-state index in [0.29, 0.717) is 16.4 Å². The zero-order valence-corrected chi connectivity index (χ0v) is 15.0. The molecule has 2 N–H and O–H groups in total. The number of benzene rings is 1. The van der Waals surface area contributed by atoms with Crippen molar-refractivity contribution in [2.45, 2.75) is 4.90 Å². The van der Waals surface area contributed by atoms with Crippen molar-refractivity contribution in [2.24, 2.45) is 0 Å². The first-order chi connectivity index (χ1) is 12.5. The van der Waals surface area contributed by atoms with Gasteiger partial charge in [0.2, 0.25) is 0 Å². The molecule has 3 rings (SSSR count). The van der Waals surface area contributed by atoms with E-state index in [-0.39, 0.29) is 10.7 Å². The zero-order valence-electron chi connectivity index (χ0n) is 13.4. The van der Waals surface area contributed by atoms with E-state index in [1.807, 2.05) is 0 Å². The number of aromatic nitrogens is 2. The molecule has 2 aromatic heterocycles. The average molecular weight is 386 g/mol. The summed E-state index contributed by atoms with van der Waals surface area (Å²) < 4.78 is 26.9. The van der Waals surface area contributed by atoms with Gasteiger partial charge in [-0.1, -0.05) is 0 Å². The fraction of sp³-hybridized carbons (Fsp3) is 0. The van der Waals surface area contributed by atoms with Crippen LogP contribution in [0.2, 0.25) is 0 Å². The van der Waals surface area contributed by atoms with Gasteiger partial charge in [0, 0.05) is 47.5 Å². The number of nitrogens with zero attached hydrogens (tertiary/aromatic N) is 2. The van der Waals surface area contributed by atoms with Gasteiger partial charge in [0.1, 0.15) is 0 Å². The summed E-state index contributed by atoms with van der Waals surface area (Å²) in [5, 5.41) is 4.92. The van der Waals surface area contributed by atoms with Crippen molar-refractivity contribution in [1.29, 1.82) is 0 Å². The number of carbonyl (C=O) groups is 1. The minimum atomic E-state index is -3.68. The molecule has 0 saturated carbocycles. The molecule has 0 aliphatic heterocycles. The molecule has 0 atom stereocenters. The summed E-state index contributed by atoms with van der Waals surface area (Å²) in [5.74, 6) is -0.183. The van der Waals surface area contributed by atoms with Gasteiger partial charge in [0.25, 0.3) is 10.0 Å². The third-order valence-electron chi connectivity index (χ3n) is 3.25. The minimum absolute atomic E-state index is 0.119. The van der Waals surface area contributed by atoms with Gasteiger partial charge in [-0.05, 0) is 36.4 Å². The molecule has 26 heavy (non-hydrogen) atoms. The molecule has 0 spiro atoms. The fourth-order valence-electron chi connectivity index (χ4n) is 2.00. The minimum Gasteiger partial charge on any atom is -0.362 e. The van der Waals surface area contributed by atoms with Crippen molar-refractivity contribution in [1.82, 2.24) is 9.97 Å². The SMILES string of the molecule is O=C(C=CNc1ccc(S(=O)(=O)Nc2nccs2)cc1)c1cccnc1. The van der Waals surface area contributed by atoms with Crippen LogP contribution in [0.3, 0.4) is 0 Å². The molecule has 0 bridgehead atoms. The third kappa shape index (κ3) is 4.52. The van der Waals surface area contributed by atoms with E-state index in [1.165, 1.54) is 48.1 Å². The molecule has 3 aromatic rings. The second kappa shape index (κ2) is 7.89. The van der Waals surface area contributed by atoms with Crippen LogP contribution < -0.4 is 10.0 Å². The lowest BCUT2D eigenvalue weighted by Gasteiger charge is -2.06. The monoisotopic (exact) mass is 386 g/mol. The van der Waals surface area contributed by atoms with E-state index >= 15 is 0 Å². The summed E-state index contributed by atoms with van der Waals surface area (Å²) in [4.78, 5) is 19.8. The van der Waals surface area contributed by atoms with Crippen LogP contribution >= 0.6 is 11.3 Å². The normalized spacial score (nSPS) is 11.4. The van der Waals surface area contributed by atoms with Gasteiger partial charge in [-0.3, -0.25) is 14.5 Å². The van der Waals surface area contributed by atoms with Crippen LogP contribution in [0.25, 0.3) is 0 Å². The maximum Gasteiger partial charge on any atom is 0.263 e. The molecule has 0 unspecified atom stereocenters. The van der Waals surface area contributed by atoms with E-state index in [9.17, 15) is 13.2 Å². The van der Waals surface area contributed by atoms with Crippen LogP contribution in [-0.2, 0) is 10.0 Å². The Morgan fingerprint density at radius 3 is 2.58 bits per heavy atom. The van der Waals surface area contributed by atoms with Gasteiger partial charge in [0.15, 0.2) is 10.9 Å². The number of nitrogens with one attached hydrogen (secondary N) is 2. The lowest BCUT2D eigenvalue weighted by Crippen LogP contribution is -2.12. The number of rotatable bonds is 7. The van der Waals surface area contributed by atoms with Crippen LogP contribution in [0.15, 0.2) is 77.5 Å². The van der Waals surface area contributed by atoms with Crippen molar-refractivity contribution in [2.75, 3.05) is 10.0 Å². The Hall–Kier alpha value is -3.04. The molecule has 9 heteroatoms. The number of allylic oxidation sites excluding steroid dienone is 1. The lowest BCUT2D eigenvalue weighted by molar-refractivity contribution is 0.104. The van der Waals surface area contributed by atoms with Crippen molar-refractivity contribution < 1.29 is 13.2 Å². The Balaban J connectivity index is 1.63. The smallest absolute Gasteiger partial charge is 0.263 e. The topological polar surface area (TPSA) is 101 Å². The number of hydrogen-bond acceptors (Lipinski definition) is 7. The van der Waals surface area contributed by atoms with Gasteiger partial charge in [0.05, 0.1) is 4.90 Å². The van der Waals surface area contributed by atoms with Crippen LogP contribution in [0.4, 0.5) is 10.8 Å². The highest BCUT2D eigenvalue weighted by atomic mass is 32.2.